The van der Waals surface area contributed by atoms with E-state index in [1.165, 1.54) is 22.9 Å². The zero-order chi connectivity index (χ0) is 25.2. The Morgan fingerprint density at radius 2 is 1.78 bits per heavy atom. The summed E-state index contributed by atoms with van der Waals surface area (Å²) in [5, 5.41) is 13.0. The molecule has 2 aromatic heterocycles. The van der Waals surface area contributed by atoms with Gasteiger partial charge in [0.1, 0.15) is 29.1 Å². The lowest BCUT2D eigenvalue weighted by Crippen LogP contribution is -2.28. The molecule has 0 aliphatic heterocycles. The van der Waals surface area contributed by atoms with Gasteiger partial charge in [-0.25, -0.2) is 14.4 Å². The summed E-state index contributed by atoms with van der Waals surface area (Å²) in [5.74, 6) is 0.310. The third-order valence-electron chi connectivity index (χ3n) is 5.76. The zero-order valence-corrected chi connectivity index (χ0v) is 19.2. The summed E-state index contributed by atoms with van der Waals surface area (Å²) >= 11 is 0. The zero-order valence-electron chi connectivity index (χ0n) is 19.2. The minimum Gasteiger partial charge on any atom is -0.368 e. The molecule has 5 aromatic rings. The smallest absolute Gasteiger partial charge is 0.266 e. The van der Waals surface area contributed by atoms with E-state index in [0.29, 0.717) is 33.5 Å². The molecule has 0 radical (unpaired) electrons. The first-order valence-corrected chi connectivity index (χ1v) is 11.1. The predicted molar refractivity (Wildman–Crippen MR) is 136 cm³/mol. The minimum absolute atomic E-state index is 0.0135. The van der Waals surface area contributed by atoms with E-state index in [1.807, 2.05) is 49.4 Å². The van der Waals surface area contributed by atoms with Crippen molar-refractivity contribution >= 4 is 22.7 Å². The third-order valence-corrected chi connectivity index (χ3v) is 5.76. The molecule has 9 heteroatoms. The Hall–Kier alpha value is -5.10. The van der Waals surface area contributed by atoms with Gasteiger partial charge in [-0.1, -0.05) is 42.5 Å². The molecule has 0 bridgehead atoms. The molecule has 3 aromatic carbocycles. The van der Waals surface area contributed by atoms with E-state index in [4.69, 9.17) is 10.7 Å². The van der Waals surface area contributed by atoms with E-state index < -0.39 is 6.04 Å². The summed E-state index contributed by atoms with van der Waals surface area (Å²) in [4.78, 5) is 26.9. The number of rotatable bonds is 5. The van der Waals surface area contributed by atoms with Gasteiger partial charge in [-0.15, -0.1) is 0 Å². The maximum Gasteiger partial charge on any atom is 0.266 e. The molecule has 176 valence electrons. The lowest BCUT2D eigenvalue weighted by atomic mass is 10.0. The monoisotopic (exact) mass is 477 g/mol. The van der Waals surface area contributed by atoms with Crippen LogP contribution < -0.4 is 16.6 Å². The van der Waals surface area contributed by atoms with Crippen molar-refractivity contribution in [3.63, 3.8) is 0 Å². The first-order chi connectivity index (χ1) is 17.5. The average Bonchev–Trinajstić information content (AvgIpc) is 2.89. The second-order valence-corrected chi connectivity index (χ2v) is 8.12. The number of hydrogen-bond acceptors (Lipinski definition) is 7. The largest absolute Gasteiger partial charge is 0.368 e. The summed E-state index contributed by atoms with van der Waals surface area (Å²) in [6.07, 6.45) is 1.34. The summed E-state index contributed by atoms with van der Waals surface area (Å²) < 4.78 is 15.1. The summed E-state index contributed by atoms with van der Waals surface area (Å²) in [5.41, 5.74) is 8.13. The maximum absolute atomic E-state index is 14.1. The SMILES string of the molecule is C[C@H](Nc1nc(N)ncc1C#N)c1nc2cccc(-c3ccc(F)cc3)c2c(=O)n1-c1ccccc1. The number of anilines is 2. The molecule has 2 heterocycles. The first-order valence-electron chi connectivity index (χ1n) is 11.1. The molecule has 0 fully saturated rings. The van der Waals surface area contributed by atoms with Gasteiger partial charge in [0.2, 0.25) is 5.95 Å². The molecule has 3 N–H and O–H groups in total. The number of nitrogens with zero attached hydrogens (tertiary/aromatic N) is 5. The summed E-state index contributed by atoms with van der Waals surface area (Å²) in [6.45, 7) is 1.82. The van der Waals surface area contributed by atoms with Crippen LogP contribution in [0.4, 0.5) is 16.2 Å². The van der Waals surface area contributed by atoms with Gasteiger partial charge in [0.15, 0.2) is 0 Å². The van der Waals surface area contributed by atoms with Crippen molar-refractivity contribution in [3.05, 3.63) is 107 Å². The number of nitrogen functional groups attached to an aromatic ring is 1. The van der Waals surface area contributed by atoms with Gasteiger partial charge in [-0.05, 0) is 48.4 Å². The summed E-state index contributed by atoms with van der Waals surface area (Å²) in [6, 6.07) is 22.0. The van der Waals surface area contributed by atoms with Crippen molar-refractivity contribution in [1.29, 1.82) is 5.26 Å². The number of fused-ring (bicyclic) bond motifs is 1. The second-order valence-electron chi connectivity index (χ2n) is 8.12. The van der Waals surface area contributed by atoms with Crippen molar-refractivity contribution in [2.45, 2.75) is 13.0 Å². The van der Waals surface area contributed by atoms with Crippen LogP contribution in [-0.4, -0.2) is 19.5 Å². The van der Waals surface area contributed by atoms with Crippen LogP contribution in [0.15, 0.2) is 83.8 Å². The number of aromatic nitrogens is 4. The van der Waals surface area contributed by atoms with Gasteiger partial charge < -0.3 is 11.1 Å². The molecule has 0 aliphatic carbocycles. The average molecular weight is 478 g/mol. The Balaban J connectivity index is 1.74. The molecule has 0 aliphatic rings. The first kappa shape index (κ1) is 22.7. The number of hydrogen-bond donors (Lipinski definition) is 2. The van der Waals surface area contributed by atoms with Crippen LogP contribution >= 0.6 is 0 Å². The number of nitrogens with one attached hydrogen (secondary N) is 1. The molecule has 8 nitrogen and oxygen atoms in total. The summed E-state index contributed by atoms with van der Waals surface area (Å²) in [7, 11) is 0. The fourth-order valence-corrected chi connectivity index (χ4v) is 4.09. The molecule has 0 spiro atoms. The highest BCUT2D eigenvalue weighted by molar-refractivity contribution is 5.94. The van der Waals surface area contributed by atoms with Crippen LogP contribution in [0.25, 0.3) is 27.7 Å². The highest BCUT2D eigenvalue weighted by Crippen LogP contribution is 2.28. The van der Waals surface area contributed by atoms with E-state index in [-0.39, 0.29) is 28.7 Å². The Morgan fingerprint density at radius 1 is 1.03 bits per heavy atom. The van der Waals surface area contributed by atoms with Crippen molar-refractivity contribution in [2.75, 3.05) is 11.1 Å². The van der Waals surface area contributed by atoms with Crippen LogP contribution in [0.1, 0.15) is 24.4 Å². The Bertz CT molecular complexity index is 1680. The van der Waals surface area contributed by atoms with Gasteiger partial charge in [0.25, 0.3) is 5.56 Å². The van der Waals surface area contributed by atoms with Crippen LogP contribution in [-0.2, 0) is 0 Å². The Kier molecular flexibility index (Phi) is 5.84. The highest BCUT2D eigenvalue weighted by Gasteiger charge is 2.21. The molecular formula is C27H20FN7O. The van der Waals surface area contributed by atoms with Gasteiger partial charge in [-0.3, -0.25) is 9.36 Å². The topological polar surface area (TPSA) is 123 Å². The molecule has 1 atom stereocenters. The van der Waals surface area contributed by atoms with Crippen LogP contribution in [0, 0.1) is 17.1 Å². The molecule has 0 amide bonds. The lowest BCUT2D eigenvalue weighted by molar-refractivity contribution is 0.628. The van der Waals surface area contributed by atoms with Crippen LogP contribution in [0.2, 0.25) is 0 Å². The fourth-order valence-electron chi connectivity index (χ4n) is 4.09. The lowest BCUT2D eigenvalue weighted by Gasteiger charge is -2.21. The Labute approximate surface area is 205 Å². The molecular weight excluding hydrogens is 457 g/mol. The molecule has 0 unspecified atom stereocenters. The third kappa shape index (κ3) is 4.12. The van der Waals surface area contributed by atoms with Crippen LogP contribution in [0.5, 0.6) is 0 Å². The van der Waals surface area contributed by atoms with Crippen LogP contribution in [0.3, 0.4) is 0 Å². The molecule has 0 saturated heterocycles. The normalized spacial score (nSPS) is 11.7. The quantitative estimate of drug-likeness (QED) is 0.379. The highest BCUT2D eigenvalue weighted by atomic mass is 19.1. The van der Waals surface area contributed by atoms with Crippen molar-refractivity contribution < 1.29 is 4.39 Å². The van der Waals surface area contributed by atoms with Crippen molar-refractivity contribution in [3.8, 4) is 22.9 Å². The predicted octanol–water partition coefficient (Wildman–Crippen LogP) is 4.61. The number of nitrogens with two attached hydrogens (primary N) is 1. The van der Waals surface area contributed by atoms with E-state index >= 15 is 0 Å². The molecule has 36 heavy (non-hydrogen) atoms. The maximum atomic E-state index is 14.1. The number of nitriles is 1. The van der Waals surface area contributed by atoms with E-state index in [2.05, 4.69) is 15.3 Å². The molecule has 5 rings (SSSR count). The number of para-hydroxylation sites is 1. The standard InChI is InChI=1S/C27H20FN7O/c1-16(32-24-18(14-29)15-31-27(30)34-24)25-33-22-9-5-8-21(17-10-12-19(28)13-11-17)23(22)26(36)35(25)20-6-3-2-4-7-20/h2-13,15-16H,1H3,(H3,30,31,32,34)/t16-/m0/s1. The van der Waals surface area contributed by atoms with E-state index in [9.17, 15) is 14.4 Å². The van der Waals surface area contributed by atoms with Gasteiger partial charge in [0.05, 0.1) is 28.8 Å². The van der Waals surface area contributed by atoms with E-state index in [1.54, 1.807) is 24.3 Å². The fraction of sp³-hybridized carbons (Fsp3) is 0.0741. The minimum atomic E-state index is -0.543. The van der Waals surface area contributed by atoms with Crippen molar-refractivity contribution in [1.82, 2.24) is 19.5 Å². The van der Waals surface area contributed by atoms with Gasteiger partial charge >= 0.3 is 0 Å². The van der Waals surface area contributed by atoms with E-state index in [0.717, 1.165) is 0 Å². The van der Waals surface area contributed by atoms with Gasteiger partial charge in [0, 0.05) is 0 Å². The number of benzene rings is 3. The van der Waals surface area contributed by atoms with Crippen molar-refractivity contribution in [2.24, 2.45) is 0 Å². The van der Waals surface area contributed by atoms with Gasteiger partial charge in [-0.2, -0.15) is 10.2 Å². The molecule has 0 saturated carbocycles. The number of halogens is 1. The second kappa shape index (κ2) is 9.27. The Morgan fingerprint density at radius 3 is 2.50 bits per heavy atom.